The van der Waals surface area contributed by atoms with E-state index in [1.54, 1.807) is 11.3 Å². The van der Waals surface area contributed by atoms with E-state index in [0.717, 1.165) is 40.7 Å². The number of rotatable bonds is 6. The van der Waals surface area contributed by atoms with Crippen molar-refractivity contribution in [1.82, 2.24) is 9.88 Å². The molecule has 0 radical (unpaired) electrons. The number of aromatic nitrogens is 1. The van der Waals surface area contributed by atoms with Crippen molar-refractivity contribution >= 4 is 34.1 Å². The first-order chi connectivity index (χ1) is 13.6. The zero-order valence-corrected chi connectivity index (χ0v) is 16.7. The lowest BCUT2D eigenvalue weighted by molar-refractivity contribution is -0.141. The molecule has 1 unspecified atom stereocenters. The average molecular weight is 397 g/mol. The standard InChI is InChI=1S/C22H24N2O3S/c1-2-18(22(26)27)24-19-8-4-3-7-16(19)17-12-14(9-10-20(17)24)23-21(25)13-15-6-5-11-28-15/h3-8,11,14,18H,2,9-10,12-13H2,1H3,(H,23,25)(H,26,27)/t14-,18?/m0/s1. The third-order valence-electron chi connectivity index (χ3n) is 5.57. The van der Waals surface area contributed by atoms with Crippen molar-refractivity contribution in [3.8, 4) is 0 Å². The SMILES string of the molecule is CCC(C(=O)O)n1c2c(c3ccccc31)C[C@@H](NC(=O)Cc1cccs1)CC2. The molecule has 2 heterocycles. The summed E-state index contributed by atoms with van der Waals surface area (Å²) in [5.74, 6) is -0.742. The fourth-order valence-corrected chi connectivity index (χ4v) is 5.04. The number of para-hydroxylation sites is 1. The number of carbonyl (C=O) groups excluding carboxylic acids is 1. The topological polar surface area (TPSA) is 71.3 Å². The van der Waals surface area contributed by atoms with Crippen LogP contribution in [-0.2, 0) is 28.9 Å². The van der Waals surface area contributed by atoms with E-state index in [0.29, 0.717) is 12.8 Å². The Morgan fingerprint density at radius 1 is 1.29 bits per heavy atom. The number of thiophene rings is 1. The van der Waals surface area contributed by atoms with E-state index in [4.69, 9.17) is 0 Å². The molecule has 0 saturated carbocycles. The zero-order chi connectivity index (χ0) is 19.7. The van der Waals surface area contributed by atoms with Crippen LogP contribution in [-0.4, -0.2) is 27.6 Å². The first kappa shape index (κ1) is 18.7. The lowest BCUT2D eigenvalue weighted by Gasteiger charge is -2.26. The molecule has 0 spiro atoms. The van der Waals surface area contributed by atoms with Gasteiger partial charge in [-0.25, -0.2) is 4.79 Å². The van der Waals surface area contributed by atoms with E-state index in [1.807, 2.05) is 47.2 Å². The molecule has 2 atom stereocenters. The number of fused-ring (bicyclic) bond motifs is 3. The molecule has 4 rings (SSSR count). The van der Waals surface area contributed by atoms with Gasteiger partial charge < -0.3 is 15.0 Å². The molecule has 28 heavy (non-hydrogen) atoms. The van der Waals surface area contributed by atoms with Crippen LogP contribution in [0, 0.1) is 0 Å². The summed E-state index contributed by atoms with van der Waals surface area (Å²) < 4.78 is 2.01. The summed E-state index contributed by atoms with van der Waals surface area (Å²) >= 11 is 1.60. The molecule has 2 aromatic heterocycles. The van der Waals surface area contributed by atoms with Gasteiger partial charge in [0, 0.05) is 27.5 Å². The molecule has 146 valence electrons. The van der Waals surface area contributed by atoms with Gasteiger partial charge in [-0.15, -0.1) is 11.3 Å². The van der Waals surface area contributed by atoms with Crippen LogP contribution in [0.5, 0.6) is 0 Å². The van der Waals surface area contributed by atoms with Gasteiger partial charge in [0.1, 0.15) is 6.04 Å². The van der Waals surface area contributed by atoms with Crippen molar-refractivity contribution in [3.63, 3.8) is 0 Å². The molecule has 1 aromatic carbocycles. The van der Waals surface area contributed by atoms with Gasteiger partial charge >= 0.3 is 5.97 Å². The van der Waals surface area contributed by atoms with Gasteiger partial charge in [0.05, 0.1) is 6.42 Å². The summed E-state index contributed by atoms with van der Waals surface area (Å²) in [6.45, 7) is 1.91. The molecule has 1 amide bonds. The first-order valence-corrected chi connectivity index (χ1v) is 10.6. The van der Waals surface area contributed by atoms with Gasteiger partial charge in [0.25, 0.3) is 0 Å². The Bertz CT molecular complexity index is 1010. The number of carboxylic acids is 1. The second kappa shape index (κ2) is 7.80. The highest BCUT2D eigenvalue weighted by Gasteiger charge is 2.30. The number of amides is 1. The number of carboxylic acid groups (broad SMARTS) is 1. The van der Waals surface area contributed by atoms with Crippen LogP contribution in [0.3, 0.4) is 0 Å². The quantitative estimate of drug-likeness (QED) is 0.663. The Morgan fingerprint density at radius 3 is 2.82 bits per heavy atom. The van der Waals surface area contributed by atoms with Crippen LogP contribution < -0.4 is 5.32 Å². The summed E-state index contributed by atoms with van der Waals surface area (Å²) in [6, 6.07) is 11.5. The number of hydrogen-bond donors (Lipinski definition) is 2. The summed E-state index contributed by atoms with van der Waals surface area (Å²) in [7, 11) is 0. The van der Waals surface area contributed by atoms with Crippen molar-refractivity contribution in [1.29, 1.82) is 0 Å². The summed E-state index contributed by atoms with van der Waals surface area (Å²) in [5, 5.41) is 16.0. The maximum absolute atomic E-state index is 12.4. The molecule has 5 nitrogen and oxygen atoms in total. The molecule has 0 saturated heterocycles. The number of nitrogens with zero attached hydrogens (tertiary/aromatic N) is 1. The minimum absolute atomic E-state index is 0.0524. The number of nitrogens with one attached hydrogen (secondary N) is 1. The lowest BCUT2D eigenvalue weighted by Crippen LogP contribution is -2.39. The maximum Gasteiger partial charge on any atom is 0.326 e. The summed E-state index contributed by atoms with van der Waals surface area (Å²) in [5.41, 5.74) is 3.27. The largest absolute Gasteiger partial charge is 0.480 e. The highest BCUT2D eigenvalue weighted by molar-refractivity contribution is 7.10. The number of carbonyl (C=O) groups is 2. The van der Waals surface area contributed by atoms with Crippen LogP contribution >= 0.6 is 11.3 Å². The van der Waals surface area contributed by atoms with Gasteiger partial charge in [-0.2, -0.15) is 0 Å². The van der Waals surface area contributed by atoms with Gasteiger partial charge in [0.2, 0.25) is 5.91 Å². The fraction of sp³-hybridized carbons (Fsp3) is 0.364. The number of hydrogen-bond acceptors (Lipinski definition) is 3. The predicted molar refractivity (Wildman–Crippen MR) is 111 cm³/mol. The normalized spacial score (nSPS) is 17.2. The number of benzene rings is 1. The molecule has 0 fully saturated rings. The van der Waals surface area contributed by atoms with Crippen LogP contribution in [0.1, 0.15) is 41.9 Å². The highest BCUT2D eigenvalue weighted by Crippen LogP contribution is 2.35. The highest BCUT2D eigenvalue weighted by atomic mass is 32.1. The van der Waals surface area contributed by atoms with Crippen molar-refractivity contribution in [3.05, 3.63) is 57.9 Å². The smallest absolute Gasteiger partial charge is 0.326 e. The molecule has 2 N–H and O–H groups in total. The number of aliphatic carboxylic acids is 1. The van der Waals surface area contributed by atoms with Crippen LogP contribution in [0.25, 0.3) is 10.9 Å². The average Bonchev–Trinajstić information content (AvgIpc) is 3.29. The molecule has 1 aliphatic rings. The Labute approximate surface area is 168 Å². The van der Waals surface area contributed by atoms with Gasteiger partial charge in [-0.05, 0) is 48.8 Å². The predicted octanol–water partition coefficient (Wildman–Crippen LogP) is 3.95. The fourth-order valence-electron chi connectivity index (χ4n) is 4.34. The van der Waals surface area contributed by atoms with E-state index in [-0.39, 0.29) is 11.9 Å². The van der Waals surface area contributed by atoms with E-state index < -0.39 is 12.0 Å². The third-order valence-corrected chi connectivity index (χ3v) is 6.45. The van der Waals surface area contributed by atoms with Crippen LogP contribution in [0.2, 0.25) is 0 Å². The zero-order valence-electron chi connectivity index (χ0n) is 15.9. The molecule has 3 aromatic rings. The van der Waals surface area contributed by atoms with Crippen LogP contribution in [0.15, 0.2) is 41.8 Å². The molecule has 0 bridgehead atoms. The Kier molecular flexibility index (Phi) is 5.22. The molecular formula is C22H24N2O3S. The summed E-state index contributed by atoms with van der Waals surface area (Å²) in [4.78, 5) is 25.3. The molecule has 6 heteroatoms. The second-order valence-electron chi connectivity index (χ2n) is 7.34. The Hall–Kier alpha value is -2.60. The summed E-state index contributed by atoms with van der Waals surface area (Å²) in [6.07, 6.45) is 3.31. The van der Waals surface area contributed by atoms with Crippen molar-refractivity contribution in [2.24, 2.45) is 0 Å². The van der Waals surface area contributed by atoms with Gasteiger partial charge in [0.15, 0.2) is 0 Å². The minimum Gasteiger partial charge on any atom is -0.480 e. The van der Waals surface area contributed by atoms with E-state index in [2.05, 4.69) is 11.4 Å². The minimum atomic E-state index is -0.794. The lowest BCUT2D eigenvalue weighted by atomic mass is 9.91. The molecular weight excluding hydrogens is 372 g/mol. The Balaban J connectivity index is 1.62. The van der Waals surface area contributed by atoms with Crippen LogP contribution in [0.4, 0.5) is 0 Å². The molecule has 0 aliphatic heterocycles. The van der Waals surface area contributed by atoms with E-state index >= 15 is 0 Å². The maximum atomic E-state index is 12.4. The first-order valence-electron chi connectivity index (χ1n) is 9.73. The monoisotopic (exact) mass is 396 g/mol. The Morgan fingerprint density at radius 2 is 2.11 bits per heavy atom. The van der Waals surface area contributed by atoms with E-state index in [9.17, 15) is 14.7 Å². The second-order valence-corrected chi connectivity index (χ2v) is 8.37. The van der Waals surface area contributed by atoms with Gasteiger partial charge in [-0.3, -0.25) is 4.79 Å². The van der Waals surface area contributed by atoms with E-state index in [1.165, 1.54) is 5.56 Å². The van der Waals surface area contributed by atoms with Gasteiger partial charge in [-0.1, -0.05) is 31.2 Å². The van der Waals surface area contributed by atoms with Crippen molar-refractivity contribution in [2.45, 2.75) is 51.1 Å². The van der Waals surface area contributed by atoms with Crippen molar-refractivity contribution < 1.29 is 14.7 Å². The molecule has 1 aliphatic carbocycles. The van der Waals surface area contributed by atoms with Crippen molar-refractivity contribution in [2.75, 3.05) is 0 Å². The third kappa shape index (κ3) is 3.44.